The Labute approximate surface area is 175 Å². The summed E-state index contributed by atoms with van der Waals surface area (Å²) in [7, 11) is 1.69. The van der Waals surface area contributed by atoms with Gasteiger partial charge in [0.2, 0.25) is 0 Å². The normalized spacial score (nSPS) is 12.1. The SMILES string of the molecule is COc1ccccc1Cn1c(C(C)Oc2ccc(Cl)c(C)c2)nc2ccccc21. The van der Waals surface area contributed by atoms with Crippen LogP contribution in [0.5, 0.6) is 11.5 Å². The lowest BCUT2D eigenvalue weighted by molar-refractivity contribution is 0.212. The molecule has 0 spiro atoms. The summed E-state index contributed by atoms with van der Waals surface area (Å²) < 4.78 is 14.0. The predicted octanol–water partition coefficient (Wildman–Crippen LogP) is 6.20. The third-order valence-electron chi connectivity index (χ3n) is 5.01. The Morgan fingerprint density at radius 1 is 1.03 bits per heavy atom. The van der Waals surface area contributed by atoms with Crippen LogP contribution in [0.4, 0.5) is 0 Å². The van der Waals surface area contributed by atoms with Gasteiger partial charge in [0, 0.05) is 10.6 Å². The summed E-state index contributed by atoms with van der Waals surface area (Å²) in [5, 5.41) is 0.730. The second-order valence-corrected chi connectivity index (χ2v) is 7.43. The fraction of sp³-hybridized carbons (Fsp3) is 0.208. The van der Waals surface area contributed by atoms with Crippen LogP contribution in [0.3, 0.4) is 0 Å². The number of methoxy groups -OCH3 is 1. The molecule has 0 aliphatic carbocycles. The van der Waals surface area contributed by atoms with Gasteiger partial charge in [-0.2, -0.15) is 0 Å². The van der Waals surface area contributed by atoms with Crippen LogP contribution in [-0.2, 0) is 6.54 Å². The molecule has 0 radical (unpaired) electrons. The molecule has 4 aromatic rings. The monoisotopic (exact) mass is 406 g/mol. The largest absolute Gasteiger partial charge is 0.496 e. The van der Waals surface area contributed by atoms with Crippen LogP contribution in [-0.4, -0.2) is 16.7 Å². The van der Waals surface area contributed by atoms with E-state index >= 15 is 0 Å². The lowest BCUT2D eigenvalue weighted by Crippen LogP contribution is -2.13. The van der Waals surface area contributed by atoms with E-state index in [-0.39, 0.29) is 6.10 Å². The number of imidazole rings is 1. The van der Waals surface area contributed by atoms with Crippen LogP contribution in [0, 0.1) is 6.92 Å². The van der Waals surface area contributed by atoms with Crippen molar-refractivity contribution in [3.05, 3.63) is 88.7 Å². The van der Waals surface area contributed by atoms with Crippen molar-refractivity contribution in [3.63, 3.8) is 0 Å². The van der Waals surface area contributed by atoms with Crippen molar-refractivity contribution in [1.29, 1.82) is 0 Å². The molecule has 0 aliphatic heterocycles. The molecule has 1 atom stereocenters. The third kappa shape index (κ3) is 3.94. The summed E-state index contributed by atoms with van der Waals surface area (Å²) in [6.07, 6.45) is -0.238. The van der Waals surface area contributed by atoms with Gasteiger partial charge in [-0.25, -0.2) is 4.98 Å². The predicted molar refractivity (Wildman–Crippen MR) is 117 cm³/mol. The van der Waals surface area contributed by atoms with Gasteiger partial charge < -0.3 is 14.0 Å². The highest BCUT2D eigenvalue weighted by molar-refractivity contribution is 6.31. The van der Waals surface area contributed by atoms with E-state index in [1.54, 1.807) is 7.11 Å². The minimum Gasteiger partial charge on any atom is -0.496 e. The zero-order chi connectivity index (χ0) is 20.4. The van der Waals surface area contributed by atoms with Gasteiger partial charge in [0.25, 0.3) is 0 Å². The van der Waals surface area contributed by atoms with E-state index in [9.17, 15) is 0 Å². The maximum absolute atomic E-state index is 6.23. The number of benzene rings is 3. The first-order chi connectivity index (χ1) is 14.1. The summed E-state index contributed by atoms with van der Waals surface area (Å²) in [5.74, 6) is 2.50. The molecule has 0 fully saturated rings. The molecular formula is C24H23ClN2O2. The minimum absolute atomic E-state index is 0.238. The van der Waals surface area contributed by atoms with Crippen molar-refractivity contribution >= 4 is 22.6 Å². The van der Waals surface area contributed by atoms with Crippen molar-refractivity contribution in [2.45, 2.75) is 26.5 Å². The van der Waals surface area contributed by atoms with Crippen LogP contribution in [0.15, 0.2) is 66.7 Å². The molecule has 0 aliphatic rings. The van der Waals surface area contributed by atoms with Crippen molar-refractivity contribution in [3.8, 4) is 11.5 Å². The first-order valence-electron chi connectivity index (χ1n) is 9.56. The van der Waals surface area contributed by atoms with E-state index in [0.29, 0.717) is 6.54 Å². The van der Waals surface area contributed by atoms with E-state index in [1.807, 2.05) is 68.4 Å². The number of aromatic nitrogens is 2. The molecule has 0 N–H and O–H groups in total. The van der Waals surface area contributed by atoms with E-state index in [4.69, 9.17) is 26.1 Å². The Bertz CT molecular complexity index is 1150. The average molecular weight is 407 g/mol. The average Bonchev–Trinajstić information content (AvgIpc) is 3.10. The number of aryl methyl sites for hydroxylation is 1. The van der Waals surface area contributed by atoms with E-state index in [2.05, 4.69) is 16.7 Å². The zero-order valence-corrected chi connectivity index (χ0v) is 17.5. The van der Waals surface area contributed by atoms with Gasteiger partial charge in [0.1, 0.15) is 11.5 Å². The molecule has 4 rings (SSSR count). The Morgan fingerprint density at radius 3 is 2.59 bits per heavy atom. The van der Waals surface area contributed by atoms with Crippen molar-refractivity contribution in [1.82, 2.24) is 9.55 Å². The molecule has 1 aromatic heterocycles. The van der Waals surface area contributed by atoms with Crippen molar-refractivity contribution < 1.29 is 9.47 Å². The standard InChI is InChI=1S/C24H23ClN2O2/c1-16-14-19(12-13-20(16)25)29-17(2)24-26-21-9-5-6-10-22(21)27(24)15-18-8-4-7-11-23(18)28-3/h4-14,17H,15H2,1-3H3. The fourth-order valence-electron chi connectivity index (χ4n) is 3.52. The molecule has 148 valence electrons. The second-order valence-electron chi connectivity index (χ2n) is 7.03. The quantitative estimate of drug-likeness (QED) is 0.382. The molecule has 3 aromatic carbocycles. The molecule has 5 heteroatoms. The topological polar surface area (TPSA) is 36.3 Å². The van der Waals surface area contributed by atoms with Gasteiger partial charge >= 0.3 is 0 Å². The number of halogens is 1. The van der Waals surface area contributed by atoms with Crippen molar-refractivity contribution in [2.75, 3.05) is 7.11 Å². The van der Waals surface area contributed by atoms with Gasteiger partial charge in [0.05, 0.1) is 24.7 Å². The van der Waals surface area contributed by atoms with E-state index < -0.39 is 0 Å². The maximum Gasteiger partial charge on any atom is 0.153 e. The van der Waals surface area contributed by atoms with Gasteiger partial charge in [-0.15, -0.1) is 0 Å². The Kier molecular flexibility index (Phi) is 5.45. The van der Waals surface area contributed by atoms with Crippen LogP contribution in [0.1, 0.15) is 30.0 Å². The number of fused-ring (bicyclic) bond motifs is 1. The summed E-state index contributed by atoms with van der Waals surface area (Å²) in [6, 6.07) is 21.9. The van der Waals surface area contributed by atoms with Gasteiger partial charge in [-0.3, -0.25) is 0 Å². The number of rotatable bonds is 6. The molecule has 0 bridgehead atoms. The Hall–Kier alpha value is -2.98. The lowest BCUT2D eigenvalue weighted by Gasteiger charge is -2.18. The molecule has 1 heterocycles. The molecule has 29 heavy (non-hydrogen) atoms. The first kappa shape index (κ1) is 19.3. The molecule has 0 saturated carbocycles. The maximum atomic E-state index is 6.23. The highest BCUT2D eigenvalue weighted by Crippen LogP contribution is 2.29. The van der Waals surface area contributed by atoms with Crippen LogP contribution >= 0.6 is 11.6 Å². The second kappa shape index (κ2) is 8.18. The summed E-state index contributed by atoms with van der Waals surface area (Å²) >= 11 is 6.15. The van der Waals surface area contributed by atoms with E-state index in [1.165, 1.54) is 0 Å². The zero-order valence-electron chi connectivity index (χ0n) is 16.7. The fourth-order valence-corrected chi connectivity index (χ4v) is 3.64. The first-order valence-corrected chi connectivity index (χ1v) is 9.94. The van der Waals surface area contributed by atoms with Crippen molar-refractivity contribution in [2.24, 2.45) is 0 Å². The number of para-hydroxylation sites is 3. The minimum atomic E-state index is -0.238. The Morgan fingerprint density at radius 2 is 1.79 bits per heavy atom. The molecule has 0 saturated heterocycles. The smallest absolute Gasteiger partial charge is 0.153 e. The summed E-state index contributed by atoms with van der Waals surface area (Å²) in [4.78, 5) is 4.87. The van der Waals surface area contributed by atoms with Gasteiger partial charge in [0.15, 0.2) is 11.9 Å². The molecular weight excluding hydrogens is 384 g/mol. The van der Waals surface area contributed by atoms with Gasteiger partial charge in [-0.05, 0) is 55.8 Å². The Balaban J connectivity index is 1.73. The number of hydrogen-bond donors (Lipinski definition) is 0. The lowest BCUT2D eigenvalue weighted by atomic mass is 10.2. The summed E-state index contributed by atoms with van der Waals surface area (Å²) in [5.41, 5.74) is 4.09. The number of hydrogen-bond acceptors (Lipinski definition) is 3. The molecule has 0 amide bonds. The molecule has 1 unspecified atom stereocenters. The highest BCUT2D eigenvalue weighted by atomic mass is 35.5. The van der Waals surface area contributed by atoms with Crippen LogP contribution in [0.25, 0.3) is 11.0 Å². The van der Waals surface area contributed by atoms with Crippen LogP contribution < -0.4 is 9.47 Å². The highest BCUT2D eigenvalue weighted by Gasteiger charge is 2.19. The summed E-state index contributed by atoms with van der Waals surface area (Å²) in [6.45, 7) is 4.63. The third-order valence-corrected chi connectivity index (χ3v) is 5.44. The van der Waals surface area contributed by atoms with Crippen LogP contribution in [0.2, 0.25) is 5.02 Å². The van der Waals surface area contributed by atoms with Gasteiger partial charge in [-0.1, -0.05) is 41.9 Å². The number of nitrogens with zero attached hydrogens (tertiary/aromatic N) is 2. The number of ether oxygens (including phenoxy) is 2. The molecule has 4 nitrogen and oxygen atoms in total. The van der Waals surface area contributed by atoms with E-state index in [0.717, 1.165) is 44.5 Å².